The Morgan fingerprint density at radius 1 is 1.41 bits per heavy atom. The van der Waals surface area contributed by atoms with Crippen LogP contribution in [0.4, 0.5) is 0 Å². The number of oxazole rings is 1. The van der Waals surface area contributed by atoms with Gasteiger partial charge in [-0.15, -0.1) is 36.6 Å². The third-order valence-corrected chi connectivity index (χ3v) is 5.53. The van der Waals surface area contributed by atoms with Gasteiger partial charge in [0, 0.05) is 36.3 Å². The van der Waals surface area contributed by atoms with E-state index in [0.29, 0.717) is 28.5 Å². The molecule has 2 aromatic rings. The second kappa shape index (κ2) is 11.2. The Morgan fingerprint density at radius 3 is 2.78 bits per heavy atom. The van der Waals surface area contributed by atoms with Crippen molar-refractivity contribution >= 4 is 54.1 Å². The van der Waals surface area contributed by atoms with Crippen molar-refractivity contribution in [2.45, 2.75) is 30.9 Å². The Balaban J connectivity index is 0.00000182. The van der Waals surface area contributed by atoms with Crippen LogP contribution >= 0.6 is 48.2 Å². The van der Waals surface area contributed by atoms with E-state index in [1.54, 1.807) is 18.0 Å². The first-order valence-electron chi connectivity index (χ1n) is 8.37. The van der Waals surface area contributed by atoms with Gasteiger partial charge in [0.25, 0.3) is 0 Å². The van der Waals surface area contributed by atoms with Gasteiger partial charge in [-0.1, -0.05) is 11.6 Å². The van der Waals surface area contributed by atoms with Gasteiger partial charge >= 0.3 is 0 Å². The van der Waals surface area contributed by atoms with E-state index in [0.717, 1.165) is 25.2 Å². The highest BCUT2D eigenvalue weighted by molar-refractivity contribution is 7.99. The molecule has 0 radical (unpaired) electrons. The van der Waals surface area contributed by atoms with E-state index in [-0.39, 0.29) is 36.0 Å². The summed E-state index contributed by atoms with van der Waals surface area (Å²) >= 11 is 7.46. The lowest BCUT2D eigenvalue weighted by Gasteiger charge is -2.33. The zero-order valence-corrected chi connectivity index (χ0v) is 18.4. The fraction of sp³-hybridized carbons (Fsp3) is 0.444. The van der Waals surface area contributed by atoms with Gasteiger partial charge < -0.3 is 14.6 Å². The summed E-state index contributed by atoms with van der Waals surface area (Å²) in [5.74, 6) is 2.09. The Hall–Kier alpha value is -0.920. The predicted octanol–water partition coefficient (Wildman–Crippen LogP) is 4.28. The molecular formula is C18H24Cl3N3O2S. The van der Waals surface area contributed by atoms with E-state index >= 15 is 0 Å². The molecule has 2 atom stereocenters. The van der Waals surface area contributed by atoms with E-state index < -0.39 is 0 Å². The molecule has 1 aliphatic rings. The van der Waals surface area contributed by atoms with Crippen LogP contribution in [0.3, 0.4) is 0 Å². The van der Waals surface area contributed by atoms with Crippen molar-refractivity contribution in [3.8, 4) is 11.3 Å². The van der Waals surface area contributed by atoms with E-state index in [1.807, 2.05) is 36.1 Å². The molecule has 0 spiro atoms. The molecule has 1 aliphatic heterocycles. The fourth-order valence-corrected chi connectivity index (χ4v) is 3.73. The SMILES string of the molecule is CC1CN(C(=O)C(C)SCc2ncc(-c3ccc(Cl)cc3)o2)CCN1.Cl.Cl. The molecule has 3 rings (SSSR count). The number of nitrogens with one attached hydrogen (secondary N) is 1. The van der Waals surface area contributed by atoms with Crippen LogP contribution < -0.4 is 5.32 Å². The van der Waals surface area contributed by atoms with E-state index in [1.165, 1.54) is 0 Å². The van der Waals surface area contributed by atoms with E-state index in [2.05, 4.69) is 17.2 Å². The highest BCUT2D eigenvalue weighted by atomic mass is 35.5. The predicted molar refractivity (Wildman–Crippen MR) is 116 cm³/mol. The Labute approximate surface area is 181 Å². The minimum Gasteiger partial charge on any atom is -0.440 e. The number of piperazine rings is 1. The van der Waals surface area contributed by atoms with Gasteiger partial charge in [0.2, 0.25) is 11.8 Å². The molecular weight excluding hydrogens is 429 g/mol. The Bertz CT molecular complexity index is 727. The molecule has 1 aromatic carbocycles. The molecule has 1 amide bonds. The lowest BCUT2D eigenvalue weighted by Crippen LogP contribution is -2.53. The molecule has 1 N–H and O–H groups in total. The van der Waals surface area contributed by atoms with Gasteiger partial charge in [0.05, 0.1) is 17.2 Å². The number of thioether (sulfide) groups is 1. The van der Waals surface area contributed by atoms with E-state index in [9.17, 15) is 4.79 Å². The van der Waals surface area contributed by atoms with Crippen molar-refractivity contribution in [2.75, 3.05) is 19.6 Å². The zero-order valence-electron chi connectivity index (χ0n) is 15.2. The molecule has 27 heavy (non-hydrogen) atoms. The third-order valence-electron chi connectivity index (χ3n) is 4.17. The van der Waals surface area contributed by atoms with Crippen LogP contribution in [0.1, 0.15) is 19.7 Å². The molecule has 1 saturated heterocycles. The highest BCUT2D eigenvalue weighted by Crippen LogP contribution is 2.25. The second-order valence-corrected chi connectivity index (χ2v) is 7.98. The fourth-order valence-electron chi connectivity index (χ4n) is 2.78. The van der Waals surface area contributed by atoms with Crippen LogP contribution in [0.15, 0.2) is 34.9 Å². The number of aromatic nitrogens is 1. The van der Waals surface area contributed by atoms with Crippen LogP contribution in [-0.2, 0) is 10.5 Å². The molecule has 5 nitrogen and oxygen atoms in total. The van der Waals surface area contributed by atoms with Gasteiger partial charge in [0.15, 0.2) is 5.76 Å². The van der Waals surface area contributed by atoms with Gasteiger partial charge in [0.1, 0.15) is 0 Å². The smallest absolute Gasteiger partial charge is 0.235 e. The number of nitrogens with zero attached hydrogens (tertiary/aromatic N) is 2. The molecule has 0 bridgehead atoms. The van der Waals surface area contributed by atoms with Crippen LogP contribution in [-0.4, -0.2) is 46.7 Å². The summed E-state index contributed by atoms with van der Waals surface area (Å²) in [5.41, 5.74) is 0.937. The maximum Gasteiger partial charge on any atom is 0.235 e. The number of halogens is 3. The molecule has 1 aromatic heterocycles. The highest BCUT2D eigenvalue weighted by Gasteiger charge is 2.25. The van der Waals surface area contributed by atoms with Gasteiger partial charge in [-0.2, -0.15) is 0 Å². The Kier molecular flexibility index (Phi) is 9.98. The first-order valence-corrected chi connectivity index (χ1v) is 9.80. The van der Waals surface area contributed by atoms with Crippen molar-refractivity contribution in [3.05, 3.63) is 41.4 Å². The van der Waals surface area contributed by atoms with Crippen LogP contribution in [0, 0.1) is 0 Å². The number of carbonyl (C=O) groups excluding carboxylic acids is 1. The average Bonchev–Trinajstić information content (AvgIpc) is 3.08. The monoisotopic (exact) mass is 451 g/mol. The molecule has 150 valence electrons. The minimum atomic E-state index is -0.115. The standard InChI is InChI=1S/C18H22ClN3O2S.2ClH/c1-12-10-22(8-7-20-12)18(23)13(2)25-11-17-21-9-16(24-17)14-3-5-15(19)6-4-14;;/h3-6,9,12-13,20H,7-8,10-11H2,1-2H3;2*1H. The first-order chi connectivity index (χ1) is 12.0. The van der Waals surface area contributed by atoms with Crippen LogP contribution in [0.25, 0.3) is 11.3 Å². The lowest BCUT2D eigenvalue weighted by molar-refractivity contribution is -0.131. The normalized spacial score (nSPS) is 17.6. The molecule has 2 unspecified atom stereocenters. The van der Waals surface area contributed by atoms with Gasteiger partial charge in [-0.05, 0) is 38.1 Å². The lowest BCUT2D eigenvalue weighted by atomic mass is 10.2. The summed E-state index contributed by atoms with van der Waals surface area (Å²) in [6.45, 7) is 6.44. The summed E-state index contributed by atoms with van der Waals surface area (Å²) in [7, 11) is 0. The van der Waals surface area contributed by atoms with Gasteiger partial charge in [-0.25, -0.2) is 4.98 Å². The van der Waals surface area contributed by atoms with Crippen molar-refractivity contribution in [3.63, 3.8) is 0 Å². The molecule has 1 fully saturated rings. The van der Waals surface area contributed by atoms with Crippen molar-refractivity contribution in [1.82, 2.24) is 15.2 Å². The van der Waals surface area contributed by atoms with Crippen molar-refractivity contribution < 1.29 is 9.21 Å². The van der Waals surface area contributed by atoms with Crippen molar-refractivity contribution in [2.24, 2.45) is 0 Å². The van der Waals surface area contributed by atoms with Crippen molar-refractivity contribution in [1.29, 1.82) is 0 Å². The summed E-state index contributed by atoms with van der Waals surface area (Å²) in [4.78, 5) is 18.8. The Morgan fingerprint density at radius 2 is 2.11 bits per heavy atom. The first kappa shape index (κ1) is 24.1. The minimum absolute atomic E-state index is 0. The van der Waals surface area contributed by atoms with Crippen LogP contribution in [0.5, 0.6) is 0 Å². The topological polar surface area (TPSA) is 58.4 Å². The third kappa shape index (κ3) is 6.57. The van der Waals surface area contributed by atoms with Crippen LogP contribution in [0.2, 0.25) is 5.02 Å². The number of rotatable bonds is 5. The number of benzene rings is 1. The summed E-state index contributed by atoms with van der Waals surface area (Å²) in [6.07, 6.45) is 1.71. The second-order valence-electron chi connectivity index (χ2n) is 6.22. The number of carbonyl (C=O) groups is 1. The number of amides is 1. The summed E-state index contributed by atoms with van der Waals surface area (Å²) in [5, 5.41) is 3.93. The quantitative estimate of drug-likeness (QED) is 0.734. The largest absolute Gasteiger partial charge is 0.440 e. The maximum atomic E-state index is 12.5. The maximum absolute atomic E-state index is 12.5. The molecule has 2 heterocycles. The van der Waals surface area contributed by atoms with Gasteiger partial charge in [-0.3, -0.25) is 4.79 Å². The zero-order chi connectivity index (χ0) is 17.8. The summed E-state index contributed by atoms with van der Waals surface area (Å²) < 4.78 is 5.79. The summed E-state index contributed by atoms with van der Waals surface area (Å²) in [6, 6.07) is 7.80. The van der Waals surface area contributed by atoms with E-state index in [4.69, 9.17) is 16.0 Å². The number of hydrogen-bond acceptors (Lipinski definition) is 5. The average molecular weight is 453 g/mol. The molecule has 0 saturated carbocycles. The molecule has 0 aliphatic carbocycles. The molecule has 9 heteroatoms. The number of hydrogen-bond donors (Lipinski definition) is 1.